The van der Waals surface area contributed by atoms with Crippen molar-refractivity contribution in [2.75, 3.05) is 6.61 Å². The maximum Gasteiger partial charge on any atom is 0.0719 e. The molecule has 1 aromatic heterocycles. The number of nitrogens with two attached hydrogens (primary N) is 1. The third-order valence-electron chi connectivity index (χ3n) is 2.54. The van der Waals surface area contributed by atoms with E-state index in [4.69, 9.17) is 5.90 Å². The smallest absolute Gasteiger partial charge is 0.0719 e. The fourth-order valence-electron chi connectivity index (χ4n) is 1.69. The van der Waals surface area contributed by atoms with Gasteiger partial charge in [0.15, 0.2) is 0 Å². The molecule has 1 aromatic carbocycles. The Balaban J connectivity index is 2.41. The van der Waals surface area contributed by atoms with Crippen LogP contribution in [0.3, 0.4) is 0 Å². The van der Waals surface area contributed by atoms with Gasteiger partial charge in [-0.2, -0.15) is 0 Å². The molecule has 0 aliphatic rings. The summed E-state index contributed by atoms with van der Waals surface area (Å²) in [5, 5.41) is 2.42. The Morgan fingerprint density at radius 1 is 1.33 bits per heavy atom. The van der Waals surface area contributed by atoms with Crippen molar-refractivity contribution in [2.24, 2.45) is 5.90 Å². The highest BCUT2D eigenvalue weighted by molar-refractivity contribution is 5.84. The number of aromatic nitrogens is 1. The van der Waals surface area contributed by atoms with Crippen molar-refractivity contribution in [3.05, 3.63) is 41.7 Å². The number of benzene rings is 1. The molecule has 0 bridgehead atoms. The van der Waals surface area contributed by atoms with Gasteiger partial charge >= 0.3 is 0 Å². The molecule has 2 rings (SSSR count). The largest absolute Gasteiger partial charge is 0.304 e. The van der Waals surface area contributed by atoms with E-state index in [1.165, 1.54) is 16.3 Å². The van der Waals surface area contributed by atoms with Crippen molar-refractivity contribution in [1.29, 1.82) is 0 Å². The minimum Gasteiger partial charge on any atom is -0.304 e. The molecular weight excluding hydrogens is 188 g/mol. The number of rotatable bonds is 3. The van der Waals surface area contributed by atoms with Crippen LogP contribution in [0.1, 0.15) is 11.3 Å². The Morgan fingerprint density at radius 2 is 2.20 bits per heavy atom. The predicted molar refractivity (Wildman–Crippen MR) is 60.3 cm³/mol. The van der Waals surface area contributed by atoms with E-state index in [1.54, 1.807) is 0 Å². The third-order valence-corrected chi connectivity index (χ3v) is 2.54. The first-order valence-corrected chi connectivity index (χ1v) is 4.97. The van der Waals surface area contributed by atoms with Crippen molar-refractivity contribution in [3.8, 4) is 0 Å². The summed E-state index contributed by atoms with van der Waals surface area (Å²) in [7, 11) is 0. The van der Waals surface area contributed by atoms with E-state index in [1.807, 2.05) is 19.2 Å². The van der Waals surface area contributed by atoms with Crippen LogP contribution >= 0.6 is 0 Å². The van der Waals surface area contributed by atoms with E-state index in [-0.39, 0.29) is 0 Å². The lowest BCUT2D eigenvalue weighted by atomic mass is 10.1. The zero-order valence-electron chi connectivity index (χ0n) is 8.73. The molecule has 0 fully saturated rings. The normalized spacial score (nSPS) is 10.8. The van der Waals surface area contributed by atoms with Crippen LogP contribution in [-0.4, -0.2) is 11.6 Å². The van der Waals surface area contributed by atoms with Crippen LogP contribution in [0, 0.1) is 6.92 Å². The molecule has 3 heteroatoms. The predicted octanol–water partition coefficient (Wildman–Crippen LogP) is 1.98. The second-order valence-corrected chi connectivity index (χ2v) is 3.57. The highest BCUT2D eigenvalue weighted by Crippen LogP contribution is 2.18. The first-order chi connectivity index (χ1) is 7.31. The highest BCUT2D eigenvalue weighted by Gasteiger charge is 1.99. The summed E-state index contributed by atoms with van der Waals surface area (Å²) in [6.45, 7) is 2.57. The molecule has 1 heterocycles. The SMILES string of the molecule is Cc1nccc2ccc(CCON)cc12. The summed E-state index contributed by atoms with van der Waals surface area (Å²) >= 11 is 0. The Bertz CT molecular complexity index is 468. The van der Waals surface area contributed by atoms with Gasteiger partial charge in [0.25, 0.3) is 0 Å². The van der Waals surface area contributed by atoms with Gasteiger partial charge in [-0.05, 0) is 36.4 Å². The Labute approximate surface area is 88.8 Å². The third kappa shape index (κ3) is 2.14. The number of hydrogen-bond donors (Lipinski definition) is 1. The van der Waals surface area contributed by atoms with Crippen LogP contribution in [0.2, 0.25) is 0 Å². The second kappa shape index (κ2) is 4.38. The highest BCUT2D eigenvalue weighted by atomic mass is 16.6. The minimum atomic E-state index is 0.546. The molecule has 0 aliphatic heterocycles. The molecule has 78 valence electrons. The zero-order chi connectivity index (χ0) is 10.7. The standard InChI is InChI=1S/C12H14N2O/c1-9-12-8-10(5-7-15-13)2-3-11(12)4-6-14-9/h2-4,6,8H,5,7,13H2,1H3. The molecule has 0 saturated carbocycles. The quantitative estimate of drug-likeness (QED) is 0.774. The molecule has 0 radical (unpaired) electrons. The van der Waals surface area contributed by atoms with Gasteiger partial charge in [-0.3, -0.25) is 4.98 Å². The first kappa shape index (κ1) is 10.1. The van der Waals surface area contributed by atoms with Crippen LogP contribution in [0.4, 0.5) is 0 Å². The summed E-state index contributed by atoms with van der Waals surface area (Å²) in [6.07, 6.45) is 2.67. The summed E-state index contributed by atoms with van der Waals surface area (Å²) in [5.41, 5.74) is 2.28. The Morgan fingerprint density at radius 3 is 3.00 bits per heavy atom. The molecule has 15 heavy (non-hydrogen) atoms. The second-order valence-electron chi connectivity index (χ2n) is 3.57. The number of pyridine rings is 1. The van der Waals surface area contributed by atoms with E-state index >= 15 is 0 Å². The maximum atomic E-state index is 5.01. The summed E-state index contributed by atoms with van der Waals surface area (Å²) < 4.78 is 0. The topological polar surface area (TPSA) is 48.1 Å². The molecule has 2 aromatic rings. The molecule has 0 amide bonds. The maximum absolute atomic E-state index is 5.01. The lowest BCUT2D eigenvalue weighted by molar-refractivity contribution is 0.141. The molecule has 0 atom stereocenters. The van der Waals surface area contributed by atoms with Gasteiger partial charge in [-0.15, -0.1) is 0 Å². The van der Waals surface area contributed by atoms with Crippen molar-refractivity contribution in [1.82, 2.24) is 4.98 Å². The van der Waals surface area contributed by atoms with Gasteiger partial charge in [0.2, 0.25) is 0 Å². The fourth-order valence-corrected chi connectivity index (χ4v) is 1.69. The van der Waals surface area contributed by atoms with Crippen LogP contribution in [0.15, 0.2) is 30.5 Å². The summed E-state index contributed by atoms with van der Waals surface area (Å²) in [4.78, 5) is 8.85. The van der Waals surface area contributed by atoms with Crippen molar-refractivity contribution >= 4 is 10.8 Å². The Hall–Kier alpha value is -1.45. The average Bonchev–Trinajstić information content (AvgIpc) is 2.27. The van der Waals surface area contributed by atoms with Gasteiger partial charge in [0.05, 0.1) is 6.61 Å². The van der Waals surface area contributed by atoms with Crippen LogP contribution in [-0.2, 0) is 11.3 Å². The van der Waals surface area contributed by atoms with Gasteiger partial charge in [-0.1, -0.05) is 12.1 Å². The van der Waals surface area contributed by atoms with Crippen LogP contribution in [0.5, 0.6) is 0 Å². The van der Waals surface area contributed by atoms with Crippen LogP contribution in [0.25, 0.3) is 10.8 Å². The Kier molecular flexibility index (Phi) is 2.94. The fraction of sp³-hybridized carbons (Fsp3) is 0.250. The number of nitrogens with zero attached hydrogens (tertiary/aromatic N) is 1. The number of hydrogen-bond acceptors (Lipinski definition) is 3. The van der Waals surface area contributed by atoms with E-state index < -0.39 is 0 Å². The molecule has 3 nitrogen and oxygen atoms in total. The number of aryl methyl sites for hydroxylation is 1. The summed E-state index contributed by atoms with van der Waals surface area (Å²) in [6, 6.07) is 8.37. The molecule has 0 unspecified atom stereocenters. The lowest BCUT2D eigenvalue weighted by Crippen LogP contribution is -2.03. The zero-order valence-corrected chi connectivity index (χ0v) is 8.73. The van der Waals surface area contributed by atoms with E-state index in [0.717, 1.165) is 12.1 Å². The molecule has 2 N–H and O–H groups in total. The van der Waals surface area contributed by atoms with Gasteiger partial charge in [0, 0.05) is 17.3 Å². The van der Waals surface area contributed by atoms with Gasteiger partial charge in [-0.25, -0.2) is 5.90 Å². The monoisotopic (exact) mass is 202 g/mol. The molecular formula is C12H14N2O. The minimum absolute atomic E-state index is 0.546. The lowest BCUT2D eigenvalue weighted by Gasteiger charge is -2.04. The molecule has 0 saturated heterocycles. The van der Waals surface area contributed by atoms with E-state index in [2.05, 4.69) is 28.0 Å². The van der Waals surface area contributed by atoms with E-state index in [0.29, 0.717) is 6.61 Å². The van der Waals surface area contributed by atoms with Crippen molar-refractivity contribution in [3.63, 3.8) is 0 Å². The van der Waals surface area contributed by atoms with Crippen LogP contribution < -0.4 is 5.90 Å². The van der Waals surface area contributed by atoms with Crippen molar-refractivity contribution in [2.45, 2.75) is 13.3 Å². The summed E-state index contributed by atoms with van der Waals surface area (Å²) in [5.74, 6) is 5.01. The van der Waals surface area contributed by atoms with E-state index in [9.17, 15) is 0 Å². The van der Waals surface area contributed by atoms with Gasteiger partial charge < -0.3 is 4.84 Å². The number of fused-ring (bicyclic) bond motifs is 1. The van der Waals surface area contributed by atoms with Crippen molar-refractivity contribution < 1.29 is 4.84 Å². The van der Waals surface area contributed by atoms with Gasteiger partial charge in [0.1, 0.15) is 0 Å². The molecule has 0 spiro atoms. The first-order valence-electron chi connectivity index (χ1n) is 4.97. The average molecular weight is 202 g/mol. The molecule has 0 aliphatic carbocycles.